The third kappa shape index (κ3) is 4.72. The van der Waals surface area contributed by atoms with E-state index >= 15 is 0 Å². The molecule has 0 spiro atoms. The zero-order chi connectivity index (χ0) is 21.6. The predicted octanol–water partition coefficient (Wildman–Crippen LogP) is 4.45. The summed E-state index contributed by atoms with van der Waals surface area (Å²) in [6, 6.07) is 20.3. The van der Waals surface area contributed by atoms with Crippen LogP contribution >= 0.6 is 0 Å². The fraction of sp³-hybridized carbons (Fsp3) is 0.125. The number of para-hydroxylation sites is 1. The lowest BCUT2D eigenvalue weighted by Crippen LogP contribution is -2.08. The van der Waals surface area contributed by atoms with Gasteiger partial charge in [-0.3, -0.25) is 0 Å². The topological polar surface area (TPSA) is 99.4 Å². The maximum absolute atomic E-state index is 11.6. The van der Waals surface area contributed by atoms with E-state index in [1.807, 2.05) is 42.5 Å². The monoisotopic (exact) mass is 414 g/mol. The van der Waals surface area contributed by atoms with Crippen LogP contribution in [0.2, 0.25) is 0 Å². The molecule has 0 fully saturated rings. The van der Waals surface area contributed by atoms with E-state index in [2.05, 4.69) is 15.3 Å². The molecule has 4 aromatic rings. The molecule has 0 aliphatic rings. The van der Waals surface area contributed by atoms with Gasteiger partial charge in [0.1, 0.15) is 23.6 Å². The van der Waals surface area contributed by atoms with Crippen molar-refractivity contribution >= 4 is 28.4 Å². The number of nitrogens with zero attached hydrogens (tertiary/aromatic N) is 2. The highest BCUT2D eigenvalue weighted by Crippen LogP contribution is 2.27. The Morgan fingerprint density at radius 1 is 1.03 bits per heavy atom. The van der Waals surface area contributed by atoms with E-state index in [-0.39, 0.29) is 5.97 Å². The molecule has 31 heavy (non-hydrogen) atoms. The van der Waals surface area contributed by atoms with Gasteiger partial charge < -0.3 is 20.5 Å². The Hall–Kier alpha value is -4.13. The predicted molar refractivity (Wildman–Crippen MR) is 120 cm³/mol. The number of ether oxygens (including phenoxy) is 2. The van der Waals surface area contributed by atoms with Crippen LogP contribution in [-0.4, -0.2) is 29.6 Å². The quantitative estimate of drug-likeness (QED) is 0.340. The molecule has 3 aromatic carbocycles. The highest BCUT2D eigenvalue weighted by atomic mass is 16.5. The lowest BCUT2D eigenvalue weighted by molar-refractivity contribution is 0.0600. The number of rotatable bonds is 7. The minimum absolute atomic E-state index is 0.378. The fourth-order valence-electron chi connectivity index (χ4n) is 3.24. The van der Waals surface area contributed by atoms with Gasteiger partial charge in [-0.05, 0) is 60.5 Å². The van der Waals surface area contributed by atoms with Crippen molar-refractivity contribution in [3.63, 3.8) is 0 Å². The summed E-state index contributed by atoms with van der Waals surface area (Å²) in [6.07, 6.45) is 2.26. The highest BCUT2D eigenvalue weighted by Gasteiger charge is 2.09. The number of hydrogen-bond acceptors (Lipinski definition) is 7. The summed E-state index contributed by atoms with van der Waals surface area (Å²) in [4.78, 5) is 20.2. The maximum atomic E-state index is 11.6. The van der Waals surface area contributed by atoms with Gasteiger partial charge in [-0.15, -0.1) is 0 Å². The number of nitrogens with two attached hydrogens (primary N) is 1. The number of esters is 1. The van der Waals surface area contributed by atoms with Crippen LogP contribution in [-0.2, 0) is 11.2 Å². The van der Waals surface area contributed by atoms with E-state index in [0.717, 1.165) is 34.5 Å². The van der Waals surface area contributed by atoms with Crippen LogP contribution in [0.15, 0.2) is 73.1 Å². The molecule has 0 amide bonds. The number of nitrogen functional groups attached to an aromatic ring is 1. The zero-order valence-electron chi connectivity index (χ0n) is 17.0. The number of methoxy groups -OCH3 is 1. The van der Waals surface area contributed by atoms with Crippen molar-refractivity contribution in [2.24, 2.45) is 0 Å². The summed E-state index contributed by atoms with van der Waals surface area (Å²) < 4.78 is 10.8. The Balaban J connectivity index is 1.45. The van der Waals surface area contributed by atoms with Gasteiger partial charge >= 0.3 is 5.97 Å². The number of hydrogen-bond donors (Lipinski definition) is 2. The fourth-order valence-corrected chi connectivity index (χ4v) is 3.24. The maximum Gasteiger partial charge on any atom is 0.337 e. The molecule has 0 saturated heterocycles. The van der Waals surface area contributed by atoms with E-state index in [1.54, 1.807) is 24.3 Å². The van der Waals surface area contributed by atoms with Gasteiger partial charge in [0.15, 0.2) is 0 Å². The van der Waals surface area contributed by atoms with Crippen molar-refractivity contribution in [3.8, 4) is 11.5 Å². The molecule has 0 bridgehead atoms. The van der Waals surface area contributed by atoms with Gasteiger partial charge in [-0.2, -0.15) is 0 Å². The lowest BCUT2D eigenvalue weighted by Gasteiger charge is -2.13. The van der Waals surface area contributed by atoms with Crippen LogP contribution in [0.5, 0.6) is 11.5 Å². The number of anilines is 2. The second-order valence-electron chi connectivity index (χ2n) is 6.90. The van der Waals surface area contributed by atoms with Crippen molar-refractivity contribution < 1.29 is 14.3 Å². The van der Waals surface area contributed by atoms with Crippen LogP contribution in [0.4, 0.5) is 11.5 Å². The smallest absolute Gasteiger partial charge is 0.337 e. The van der Waals surface area contributed by atoms with E-state index in [9.17, 15) is 4.79 Å². The van der Waals surface area contributed by atoms with E-state index in [4.69, 9.17) is 15.2 Å². The minimum Gasteiger partial charge on any atom is -0.465 e. The van der Waals surface area contributed by atoms with Gasteiger partial charge in [0.25, 0.3) is 0 Å². The number of fused-ring (bicyclic) bond motifs is 1. The molecule has 0 radical (unpaired) electrons. The summed E-state index contributed by atoms with van der Waals surface area (Å²) >= 11 is 0. The molecule has 3 N–H and O–H groups in total. The summed E-state index contributed by atoms with van der Waals surface area (Å²) in [6.45, 7) is 0.655. The van der Waals surface area contributed by atoms with E-state index < -0.39 is 0 Å². The summed E-state index contributed by atoms with van der Waals surface area (Å²) in [5.74, 6) is 1.77. The Morgan fingerprint density at radius 3 is 2.65 bits per heavy atom. The Kier molecular flexibility index (Phi) is 5.93. The van der Waals surface area contributed by atoms with Crippen LogP contribution in [0.25, 0.3) is 10.9 Å². The van der Waals surface area contributed by atoms with E-state index in [0.29, 0.717) is 23.5 Å². The second kappa shape index (κ2) is 9.13. The third-order valence-electron chi connectivity index (χ3n) is 4.82. The third-order valence-corrected chi connectivity index (χ3v) is 4.82. The Labute approximate surface area is 179 Å². The van der Waals surface area contributed by atoms with Crippen molar-refractivity contribution in [1.82, 2.24) is 9.97 Å². The molecule has 0 aliphatic carbocycles. The average Bonchev–Trinajstić information content (AvgIpc) is 2.80. The normalized spacial score (nSPS) is 10.6. The highest BCUT2D eigenvalue weighted by molar-refractivity contribution is 5.91. The molecule has 7 nitrogen and oxygen atoms in total. The van der Waals surface area contributed by atoms with Crippen molar-refractivity contribution in [3.05, 3.63) is 84.2 Å². The van der Waals surface area contributed by atoms with Crippen LogP contribution in [0, 0.1) is 0 Å². The van der Waals surface area contributed by atoms with E-state index in [1.165, 1.54) is 13.4 Å². The van der Waals surface area contributed by atoms with Gasteiger partial charge in [-0.1, -0.05) is 18.2 Å². The van der Waals surface area contributed by atoms with Crippen molar-refractivity contribution in [1.29, 1.82) is 0 Å². The zero-order valence-corrected chi connectivity index (χ0v) is 17.0. The lowest BCUT2D eigenvalue weighted by atomic mass is 10.1. The summed E-state index contributed by atoms with van der Waals surface area (Å²) in [5, 5.41) is 4.25. The van der Waals surface area contributed by atoms with Crippen LogP contribution < -0.4 is 15.8 Å². The van der Waals surface area contributed by atoms with Crippen molar-refractivity contribution in [2.75, 3.05) is 24.7 Å². The van der Waals surface area contributed by atoms with Crippen LogP contribution in [0.3, 0.4) is 0 Å². The number of nitrogens with one attached hydrogen (secondary N) is 1. The SMILES string of the molecule is COC(=O)c1ccc(Oc2ccccc2CCNc2ncnc3ccc(N)cc23)cc1. The molecular formula is C24H22N4O3. The average molecular weight is 414 g/mol. The van der Waals surface area contributed by atoms with Gasteiger partial charge in [0, 0.05) is 17.6 Å². The molecule has 1 aromatic heterocycles. The van der Waals surface area contributed by atoms with Gasteiger partial charge in [0.05, 0.1) is 18.2 Å². The van der Waals surface area contributed by atoms with Crippen LogP contribution in [0.1, 0.15) is 15.9 Å². The first kappa shape index (κ1) is 20.2. The number of benzene rings is 3. The molecule has 0 aliphatic heterocycles. The largest absolute Gasteiger partial charge is 0.465 e. The standard InChI is InChI=1S/C24H22N4O3/c1-30-24(29)17-6-9-19(10-7-17)31-22-5-3-2-4-16(22)12-13-26-23-20-14-18(25)8-11-21(20)27-15-28-23/h2-11,14-15H,12-13,25H2,1H3,(H,26,27,28). The second-order valence-corrected chi connectivity index (χ2v) is 6.90. The molecule has 1 heterocycles. The number of carbonyl (C=O) groups is 1. The minimum atomic E-state index is -0.378. The molecular weight excluding hydrogens is 392 g/mol. The first-order valence-electron chi connectivity index (χ1n) is 9.82. The molecule has 7 heteroatoms. The molecule has 0 saturated carbocycles. The first-order chi connectivity index (χ1) is 15.1. The Morgan fingerprint density at radius 2 is 1.84 bits per heavy atom. The van der Waals surface area contributed by atoms with Crippen molar-refractivity contribution in [2.45, 2.75) is 6.42 Å². The van der Waals surface area contributed by atoms with Gasteiger partial charge in [-0.25, -0.2) is 14.8 Å². The Bertz CT molecular complexity index is 1210. The molecule has 0 unspecified atom stereocenters. The molecule has 4 rings (SSSR count). The number of aromatic nitrogens is 2. The summed E-state index contributed by atoms with van der Waals surface area (Å²) in [5.41, 5.74) is 8.94. The number of carbonyl (C=O) groups excluding carboxylic acids is 1. The first-order valence-corrected chi connectivity index (χ1v) is 9.82. The van der Waals surface area contributed by atoms with Gasteiger partial charge in [0.2, 0.25) is 0 Å². The summed E-state index contributed by atoms with van der Waals surface area (Å²) in [7, 11) is 1.36. The molecule has 0 atom stereocenters. The molecule has 156 valence electrons.